The van der Waals surface area contributed by atoms with Gasteiger partial charge in [-0.2, -0.15) is 0 Å². The molecule has 1 amide bonds. The van der Waals surface area contributed by atoms with Crippen molar-refractivity contribution < 1.29 is 4.79 Å². The fourth-order valence-electron chi connectivity index (χ4n) is 2.41. The number of fused-ring (bicyclic) bond motifs is 1. The number of nitrogens with zero attached hydrogens (tertiary/aromatic N) is 2. The Morgan fingerprint density at radius 3 is 3.00 bits per heavy atom. The van der Waals surface area contributed by atoms with Gasteiger partial charge in [-0.1, -0.05) is 6.92 Å². The van der Waals surface area contributed by atoms with E-state index in [1.165, 1.54) is 5.56 Å². The van der Waals surface area contributed by atoms with Crippen molar-refractivity contribution in [1.29, 1.82) is 0 Å². The first-order valence-electron chi connectivity index (χ1n) is 7.66. The van der Waals surface area contributed by atoms with Crippen molar-refractivity contribution in [3.63, 3.8) is 0 Å². The fourth-order valence-corrected chi connectivity index (χ4v) is 2.41. The van der Waals surface area contributed by atoms with E-state index in [0.717, 1.165) is 30.5 Å². The van der Waals surface area contributed by atoms with Crippen molar-refractivity contribution in [1.82, 2.24) is 20.2 Å². The molecular formula is C16H24N4O. The second-order valence-electron chi connectivity index (χ2n) is 5.10. The molecule has 0 aliphatic rings. The second-order valence-corrected chi connectivity index (χ2v) is 5.10. The molecule has 114 valence electrons. The summed E-state index contributed by atoms with van der Waals surface area (Å²) in [6.45, 7) is 7.27. The minimum Gasteiger partial charge on any atom is -0.356 e. The molecule has 0 unspecified atom stereocenters. The summed E-state index contributed by atoms with van der Waals surface area (Å²) in [5.41, 5.74) is 2.19. The summed E-state index contributed by atoms with van der Waals surface area (Å²) in [7, 11) is 0. The van der Waals surface area contributed by atoms with Gasteiger partial charge in [-0.05, 0) is 37.6 Å². The van der Waals surface area contributed by atoms with E-state index in [0.29, 0.717) is 19.5 Å². The van der Waals surface area contributed by atoms with E-state index in [4.69, 9.17) is 0 Å². The largest absolute Gasteiger partial charge is 0.356 e. The lowest BCUT2D eigenvalue weighted by molar-refractivity contribution is -0.121. The van der Waals surface area contributed by atoms with Crippen LogP contribution in [0.1, 0.15) is 32.3 Å². The maximum absolute atomic E-state index is 11.6. The number of amides is 1. The van der Waals surface area contributed by atoms with Crippen LogP contribution in [0.5, 0.6) is 0 Å². The van der Waals surface area contributed by atoms with Crippen LogP contribution in [0.2, 0.25) is 0 Å². The zero-order valence-corrected chi connectivity index (χ0v) is 12.9. The summed E-state index contributed by atoms with van der Waals surface area (Å²) in [4.78, 5) is 16.1. The summed E-state index contributed by atoms with van der Waals surface area (Å²) in [5, 5.41) is 7.41. The van der Waals surface area contributed by atoms with Gasteiger partial charge in [0.1, 0.15) is 5.65 Å². The molecule has 2 N–H and O–H groups in total. The lowest BCUT2D eigenvalue weighted by Gasteiger charge is -2.04. The van der Waals surface area contributed by atoms with Gasteiger partial charge < -0.3 is 15.2 Å². The molecule has 0 radical (unpaired) electrons. The van der Waals surface area contributed by atoms with Crippen LogP contribution in [0.15, 0.2) is 24.5 Å². The van der Waals surface area contributed by atoms with E-state index in [-0.39, 0.29) is 5.91 Å². The number of hydrogen-bond donors (Lipinski definition) is 2. The molecule has 0 aromatic carbocycles. The Morgan fingerprint density at radius 2 is 2.24 bits per heavy atom. The highest BCUT2D eigenvalue weighted by Crippen LogP contribution is 2.19. The highest BCUT2D eigenvalue weighted by Gasteiger charge is 2.10. The monoisotopic (exact) mass is 288 g/mol. The maximum atomic E-state index is 11.6. The van der Waals surface area contributed by atoms with E-state index < -0.39 is 0 Å². The molecule has 0 aliphatic carbocycles. The lowest BCUT2D eigenvalue weighted by Crippen LogP contribution is -2.23. The Balaban J connectivity index is 2.13. The molecule has 0 saturated heterocycles. The molecule has 21 heavy (non-hydrogen) atoms. The maximum Gasteiger partial charge on any atom is 0.221 e. The summed E-state index contributed by atoms with van der Waals surface area (Å²) < 4.78 is 2.08. The van der Waals surface area contributed by atoms with Crippen LogP contribution >= 0.6 is 0 Å². The minimum absolute atomic E-state index is 0.0842. The van der Waals surface area contributed by atoms with Crippen LogP contribution in [0, 0.1) is 0 Å². The van der Waals surface area contributed by atoms with Crippen LogP contribution in [0.3, 0.4) is 0 Å². The second kappa shape index (κ2) is 7.78. The third kappa shape index (κ3) is 4.04. The SMILES string of the molecule is CCCNCc1cn(CCC(=O)NCC)c2ncccc12. The van der Waals surface area contributed by atoms with Gasteiger partial charge in [0.15, 0.2) is 0 Å². The first kappa shape index (κ1) is 15.5. The molecule has 0 bridgehead atoms. The quantitative estimate of drug-likeness (QED) is 0.731. The Kier molecular flexibility index (Phi) is 5.75. The molecule has 2 heterocycles. The van der Waals surface area contributed by atoms with E-state index in [9.17, 15) is 4.79 Å². The van der Waals surface area contributed by atoms with Crippen molar-refractivity contribution in [3.8, 4) is 0 Å². The molecule has 0 atom stereocenters. The summed E-state index contributed by atoms with van der Waals surface area (Å²) >= 11 is 0. The predicted octanol–water partition coefficient (Wildman–Crippen LogP) is 2.06. The molecule has 0 saturated carbocycles. The number of rotatable bonds is 8. The molecule has 5 heteroatoms. The number of pyridine rings is 1. The molecule has 0 fully saturated rings. The molecule has 2 aromatic heterocycles. The fraction of sp³-hybridized carbons (Fsp3) is 0.500. The minimum atomic E-state index is 0.0842. The third-order valence-electron chi connectivity index (χ3n) is 3.41. The number of carbonyl (C=O) groups excluding carboxylic acids is 1. The van der Waals surface area contributed by atoms with Crippen molar-refractivity contribution in [3.05, 3.63) is 30.1 Å². The van der Waals surface area contributed by atoms with Crippen LogP contribution < -0.4 is 10.6 Å². The van der Waals surface area contributed by atoms with Crippen LogP contribution in [-0.2, 0) is 17.9 Å². The Bertz CT molecular complexity index is 591. The summed E-state index contributed by atoms with van der Waals surface area (Å²) in [6.07, 6.45) is 5.51. The van der Waals surface area contributed by atoms with Gasteiger partial charge in [-0.25, -0.2) is 4.98 Å². The van der Waals surface area contributed by atoms with E-state index >= 15 is 0 Å². The highest BCUT2D eigenvalue weighted by molar-refractivity contribution is 5.81. The standard InChI is InChI=1S/C16H24N4O/c1-3-8-17-11-13-12-20(10-7-15(21)18-4-2)16-14(13)6-5-9-19-16/h5-6,9,12,17H,3-4,7-8,10-11H2,1-2H3,(H,18,21). The Morgan fingerprint density at radius 1 is 1.38 bits per heavy atom. The smallest absolute Gasteiger partial charge is 0.221 e. The van der Waals surface area contributed by atoms with Gasteiger partial charge in [0.25, 0.3) is 0 Å². The van der Waals surface area contributed by atoms with E-state index in [1.807, 2.05) is 13.0 Å². The van der Waals surface area contributed by atoms with Gasteiger partial charge in [0, 0.05) is 43.8 Å². The van der Waals surface area contributed by atoms with Gasteiger partial charge in [-0.3, -0.25) is 4.79 Å². The van der Waals surface area contributed by atoms with Crippen LogP contribution in [-0.4, -0.2) is 28.5 Å². The zero-order valence-electron chi connectivity index (χ0n) is 12.9. The van der Waals surface area contributed by atoms with Crippen molar-refractivity contribution in [2.24, 2.45) is 0 Å². The van der Waals surface area contributed by atoms with Gasteiger partial charge in [0.2, 0.25) is 5.91 Å². The molecule has 2 rings (SSSR count). The first-order valence-corrected chi connectivity index (χ1v) is 7.66. The normalized spacial score (nSPS) is 11.0. The number of hydrogen-bond acceptors (Lipinski definition) is 3. The third-order valence-corrected chi connectivity index (χ3v) is 3.41. The molecule has 5 nitrogen and oxygen atoms in total. The summed E-state index contributed by atoms with van der Waals surface area (Å²) in [6, 6.07) is 4.05. The first-order chi connectivity index (χ1) is 10.3. The zero-order chi connectivity index (χ0) is 15.1. The van der Waals surface area contributed by atoms with Crippen molar-refractivity contribution >= 4 is 16.9 Å². The van der Waals surface area contributed by atoms with Crippen LogP contribution in [0.25, 0.3) is 11.0 Å². The van der Waals surface area contributed by atoms with Crippen molar-refractivity contribution in [2.75, 3.05) is 13.1 Å². The van der Waals surface area contributed by atoms with Gasteiger partial charge in [-0.15, -0.1) is 0 Å². The highest BCUT2D eigenvalue weighted by atomic mass is 16.1. The lowest BCUT2D eigenvalue weighted by atomic mass is 10.2. The molecule has 0 aliphatic heterocycles. The molecular weight excluding hydrogens is 264 g/mol. The van der Waals surface area contributed by atoms with Gasteiger partial charge in [0.05, 0.1) is 0 Å². The van der Waals surface area contributed by atoms with E-state index in [2.05, 4.69) is 39.4 Å². The number of carbonyl (C=O) groups is 1. The number of aryl methyl sites for hydroxylation is 1. The Labute approximate surface area is 125 Å². The topological polar surface area (TPSA) is 59.0 Å². The average Bonchev–Trinajstić information content (AvgIpc) is 2.84. The predicted molar refractivity (Wildman–Crippen MR) is 85.0 cm³/mol. The van der Waals surface area contributed by atoms with Gasteiger partial charge >= 0.3 is 0 Å². The molecule has 0 spiro atoms. The van der Waals surface area contributed by atoms with Crippen molar-refractivity contribution in [2.45, 2.75) is 39.8 Å². The summed E-state index contributed by atoms with van der Waals surface area (Å²) in [5.74, 6) is 0.0842. The Hall–Kier alpha value is -1.88. The average molecular weight is 288 g/mol. The van der Waals surface area contributed by atoms with E-state index in [1.54, 1.807) is 6.20 Å². The molecule has 2 aromatic rings. The number of aromatic nitrogens is 2. The number of nitrogens with one attached hydrogen (secondary N) is 2. The van der Waals surface area contributed by atoms with Crippen LogP contribution in [0.4, 0.5) is 0 Å².